The van der Waals surface area contributed by atoms with Crippen molar-refractivity contribution in [1.82, 2.24) is 4.98 Å². The number of nitrogens with zero attached hydrogens (tertiary/aromatic N) is 3. The van der Waals surface area contributed by atoms with Gasteiger partial charge in [0.25, 0.3) is 11.7 Å². The number of nitrogens with one attached hydrogen (secondary N) is 1. The lowest BCUT2D eigenvalue weighted by atomic mass is 10.2. The number of hydrogen-bond donors (Lipinski definition) is 1. The van der Waals surface area contributed by atoms with Gasteiger partial charge in [0, 0.05) is 6.07 Å². The van der Waals surface area contributed by atoms with E-state index in [-0.39, 0.29) is 24.7 Å². The van der Waals surface area contributed by atoms with Crippen LogP contribution in [0.25, 0.3) is 0 Å². The molecule has 1 aromatic heterocycles. The molecule has 134 valence electrons. The van der Waals surface area contributed by atoms with Gasteiger partial charge in [0.2, 0.25) is 5.91 Å². The molecule has 3 rings (SSSR count). The maximum atomic E-state index is 12.4. The Hall–Kier alpha value is -3.69. The van der Waals surface area contributed by atoms with Crippen LogP contribution >= 0.6 is 0 Å². The number of nitro groups is 1. The number of benzene rings is 1. The zero-order chi connectivity index (χ0) is 18.7. The summed E-state index contributed by atoms with van der Waals surface area (Å²) in [5.74, 6) is -0.892. The van der Waals surface area contributed by atoms with Crippen LogP contribution in [0.1, 0.15) is 0 Å². The summed E-state index contributed by atoms with van der Waals surface area (Å²) in [6, 6.07) is 9.31. The van der Waals surface area contributed by atoms with Gasteiger partial charge < -0.3 is 24.9 Å². The second kappa shape index (κ2) is 7.05. The fraction of sp³-hybridized carbons (Fsp3) is 0.188. The van der Waals surface area contributed by atoms with E-state index in [1.807, 2.05) is 0 Å². The van der Waals surface area contributed by atoms with Crippen molar-refractivity contribution in [3.63, 3.8) is 0 Å². The number of carbonyl (C=O) groups excluding carboxylic acids is 2. The first-order chi connectivity index (χ1) is 12.5. The Kier molecular flexibility index (Phi) is 4.65. The molecule has 0 saturated heterocycles. The zero-order valence-electron chi connectivity index (χ0n) is 13.7. The van der Waals surface area contributed by atoms with Crippen molar-refractivity contribution in [2.24, 2.45) is 0 Å². The summed E-state index contributed by atoms with van der Waals surface area (Å²) < 4.78 is 10.4. The number of carbonyl (C=O) groups is 2. The molecule has 0 saturated carbocycles. The molecule has 10 heteroatoms. The highest BCUT2D eigenvalue weighted by Crippen LogP contribution is 2.32. The van der Waals surface area contributed by atoms with Crippen LogP contribution in [-0.4, -0.2) is 42.0 Å². The Morgan fingerprint density at radius 1 is 1.38 bits per heavy atom. The predicted molar refractivity (Wildman–Crippen MR) is 90.4 cm³/mol. The molecule has 0 unspecified atom stereocenters. The minimum absolute atomic E-state index is 0.0642. The van der Waals surface area contributed by atoms with E-state index in [0.717, 1.165) is 4.90 Å². The Bertz CT molecular complexity index is 885. The highest BCUT2D eigenvalue weighted by molar-refractivity contribution is 6.04. The summed E-state index contributed by atoms with van der Waals surface area (Å²) in [5, 5.41) is 13.6. The monoisotopic (exact) mass is 358 g/mol. The Balaban J connectivity index is 1.83. The molecule has 2 heterocycles. The number of aromatic nitrogens is 1. The second-order valence-electron chi connectivity index (χ2n) is 5.27. The fourth-order valence-corrected chi connectivity index (χ4v) is 2.41. The number of pyridine rings is 1. The van der Waals surface area contributed by atoms with Gasteiger partial charge in [0.15, 0.2) is 12.4 Å². The zero-order valence-corrected chi connectivity index (χ0v) is 13.7. The number of anilines is 2. The molecule has 26 heavy (non-hydrogen) atoms. The Morgan fingerprint density at radius 2 is 2.15 bits per heavy atom. The van der Waals surface area contributed by atoms with E-state index in [9.17, 15) is 19.7 Å². The summed E-state index contributed by atoms with van der Waals surface area (Å²) in [6.45, 7) is -0.657. The van der Waals surface area contributed by atoms with Gasteiger partial charge in [-0.3, -0.25) is 14.5 Å². The van der Waals surface area contributed by atoms with Gasteiger partial charge in [-0.15, -0.1) is 0 Å². The van der Waals surface area contributed by atoms with E-state index in [1.165, 1.54) is 19.2 Å². The molecule has 0 radical (unpaired) electrons. The molecule has 1 aliphatic heterocycles. The van der Waals surface area contributed by atoms with Crippen LogP contribution in [0.15, 0.2) is 36.4 Å². The van der Waals surface area contributed by atoms with Crippen LogP contribution in [0.4, 0.5) is 17.3 Å². The van der Waals surface area contributed by atoms with Gasteiger partial charge in [0.05, 0.1) is 12.8 Å². The minimum Gasteiger partial charge on any atom is -0.495 e. The van der Waals surface area contributed by atoms with Gasteiger partial charge in [0.1, 0.15) is 12.3 Å². The third-order valence-electron chi connectivity index (χ3n) is 3.60. The lowest BCUT2D eigenvalue weighted by Gasteiger charge is -2.24. The third-order valence-corrected chi connectivity index (χ3v) is 3.60. The van der Waals surface area contributed by atoms with Crippen molar-refractivity contribution in [2.45, 2.75) is 0 Å². The molecule has 0 spiro atoms. The molecule has 10 nitrogen and oxygen atoms in total. The molecular weight excluding hydrogens is 344 g/mol. The van der Waals surface area contributed by atoms with Crippen LogP contribution in [-0.2, 0) is 9.59 Å². The van der Waals surface area contributed by atoms with Gasteiger partial charge in [-0.05, 0) is 28.1 Å². The van der Waals surface area contributed by atoms with Crippen LogP contribution in [0.3, 0.4) is 0 Å². The SMILES string of the molecule is COc1ccccc1NC(=O)CN1C(=O)COc2ccc([N+](=O)[O-])nc21. The van der Waals surface area contributed by atoms with E-state index in [1.54, 1.807) is 24.3 Å². The number of amides is 2. The van der Waals surface area contributed by atoms with Crippen molar-refractivity contribution < 1.29 is 24.0 Å². The molecule has 0 fully saturated rings. The summed E-state index contributed by atoms with van der Waals surface area (Å²) in [4.78, 5) is 39.6. The van der Waals surface area contributed by atoms with Gasteiger partial charge in [-0.1, -0.05) is 12.1 Å². The fourth-order valence-electron chi connectivity index (χ4n) is 2.41. The quantitative estimate of drug-likeness (QED) is 0.632. The third kappa shape index (κ3) is 3.38. The highest BCUT2D eigenvalue weighted by Gasteiger charge is 2.33. The number of rotatable bonds is 5. The summed E-state index contributed by atoms with van der Waals surface area (Å²) in [6.07, 6.45) is 0. The van der Waals surface area contributed by atoms with E-state index in [0.29, 0.717) is 11.4 Å². The molecule has 1 N–H and O–H groups in total. The summed E-state index contributed by atoms with van der Waals surface area (Å²) in [5.41, 5.74) is 0.438. The van der Waals surface area contributed by atoms with Crippen molar-refractivity contribution in [2.75, 3.05) is 30.5 Å². The van der Waals surface area contributed by atoms with E-state index in [2.05, 4.69) is 10.3 Å². The molecule has 0 bridgehead atoms. The highest BCUT2D eigenvalue weighted by atomic mass is 16.6. The average molecular weight is 358 g/mol. The lowest BCUT2D eigenvalue weighted by Crippen LogP contribution is -2.44. The number of methoxy groups -OCH3 is 1. The number of para-hydroxylation sites is 2. The molecule has 1 aromatic carbocycles. The molecule has 2 aromatic rings. The summed E-state index contributed by atoms with van der Waals surface area (Å²) >= 11 is 0. The van der Waals surface area contributed by atoms with Gasteiger partial charge in [-0.25, -0.2) is 0 Å². The van der Waals surface area contributed by atoms with Crippen LogP contribution in [0.5, 0.6) is 11.5 Å². The Labute approximate surface area is 147 Å². The number of hydrogen-bond acceptors (Lipinski definition) is 7. The molecule has 0 aliphatic carbocycles. The summed E-state index contributed by atoms with van der Waals surface area (Å²) in [7, 11) is 1.47. The van der Waals surface area contributed by atoms with E-state index < -0.39 is 22.6 Å². The van der Waals surface area contributed by atoms with E-state index >= 15 is 0 Å². The van der Waals surface area contributed by atoms with Crippen molar-refractivity contribution in [3.05, 3.63) is 46.5 Å². The van der Waals surface area contributed by atoms with Crippen LogP contribution in [0.2, 0.25) is 0 Å². The van der Waals surface area contributed by atoms with Gasteiger partial charge in [-0.2, -0.15) is 0 Å². The molecule has 0 atom stereocenters. The van der Waals surface area contributed by atoms with Crippen LogP contribution < -0.4 is 19.7 Å². The molecule has 2 amide bonds. The minimum atomic E-state index is -0.688. The molecular formula is C16H14N4O6. The molecule has 1 aliphatic rings. The van der Waals surface area contributed by atoms with Crippen LogP contribution in [0, 0.1) is 10.1 Å². The van der Waals surface area contributed by atoms with Gasteiger partial charge >= 0.3 is 5.82 Å². The van der Waals surface area contributed by atoms with E-state index in [4.69, 9.17) is 9.47 Å². The smallest absolute Gasteiger partial charge is 0.366 e. The lowest BCUT2D eigenvalue weighted by molar-refractivity contribution is -0.389. The maximum absolute atomic E-state index is 12.4. The number of fused-ring (bicyclic) bond motifs is 1. The van der Waals surface area contributed by atoms with Crippen molar-refractivity contribution in [3.8, 4) is 11.5 Å². The number of ether oxygens (including phenoxy) is 2. The second-order valence-corrected chi connectivity index (χ2v) is 5.27. The topological polar surface area (TPSA) is 124 Å². The van der Waals surface area contributed by atoms with Crippen molar-refractivity contribution in [1.29, 1.82) is 0 Å². The normalized spacial score (nSPS) is 12.8. The standard InChI is InChI=1S/C16H14N4O6/c1-25-11-5-3-2-4-10(11)17-14(21)8-19-15(22)9-26-12-6-7-13(20(23)24)18-16(12)19/h2-7H,8-9H2,1H3,(H,17,21). The first kappa shape index (κ1) is 17.1. The first-order valence-electron chi connectivity index (χ1n) is 7.51. The largest absolute Gasteiger partial charge is 0.495 e. The average Bonchev–Trinajstić information content (AvgIpc) is 2.64. The van der Waals surface area contributed by atoms with Crippen molar-refractivity contribution >= 4 is 29.1 Å². The first-order valence-corrected chi connectivity index (χ1v) is 7.51. The predicted octanol–water partition coefficient (Wildman–Crippen LogP) is 1.36. The Morgan fingerprint density at radius 3 is 2.88 bits per heavy atom. The maximum Gasteiger partial charge on any atom is 0.366 e.